The predicted octanol–water partition coefficient (Wildman–Crippen LogP) is 3.99. The predicted molar refractivity (Wildman–Crippen MR) is 112 cm³/mol. The van der Waals surface area contributed by atoms with E-state index in [9.17, 15) is 13.6 Å². The van der Waals surface area contributed by atoms with Crippen molar-refractivity contribution in [3.63, 3.8) is 0 Å². The lowest BCUT2D eigenvalue weighted by atomic mass is 10.2. The molecule has 1 saturated heterocycles. The zero-order valence-electron chi connectivity index (χ0n) is 16.8. The molecule has 0 atom stereocenters. The van der Waals surface area contributed by atoms with E-state index in [1.54, 1.807) is 17.2 Å². The highest BCUT2D eigenvalue weighted by Gasteiger charge is 2.23. The number of aliphatic imine (C=N–C) groups is 1. The minimum absolute atomic E-state index is 0.0794. The van der Waals surface area contributed by atoms with Gasteiger partial charge in [0, 0.05) is 32.4 Å². The summed E-state index contributed by atoms with van der Waals surface area (Å²) in [6, 6.07) is 2.88. The molecule has 6 nitrogen and oxygen atoms in total. The Labute approximate surface area is 170 Å². The van der Waals surface area contributed by atoms with Crippen LogP contribution in [0.5, 0.6) is 0 Å². The highest BCUT2D eigenvalue weighted by atomic mass is 19.3. The molecule has 1 amide bonds. The smallest absolute Gasteiger partial charge is 0.280 e. The number of nitrogens with one attached hydrogen (secondary N) is 1. The first-order valence-corrected chi connectivity index (χ1v) is 9.57. The van der Waals surface area contributed by atoms with Gasteiger partial charge in [-0.1, -0.05) is 25.7 Å². The number of hydrogen-bond acceptors (Lipinski definition) is 4. The molecular weight excluding hydrogens is 376 g/mol. The Morgan fingerprint density at radius 3 is 2.52 bits per heavy atom. The van der Waals surface area contributed by atoms with Gasteiger partial charge < -0.3 is 15.1 Å². The van der Waals surface area contributed by atoms with Gasteiger partial charge >= 0.3 is 0 Å². The first-order valence-electron chi connectivity index (χ1n) is 9.57. The van der Waals surface area contributed by atoms with Crippen molar-refractivity contribution in [2.45, 2.75) is 26.7 Å². The third kappa shape index (κ3) is 6.23. The summed E-state index contributed by atoms with van der Waals surface area (Å²) in [6.07, 6.45) is 6.40. The number of hydrogen-bond donors (Lipinski definition) is 1. The Bertz CT molecular complexity index is 779. The van der Waals surface area contributed by atoms with Gasteiger partial charge in [-0.15, -0.1) is 0 Å². The molecule has 2 heterocycles. The van der Waals surface area contributed by atoms with Crippen LogP contribution in [0, 0.1) is 0 Å². The monoisotopic (exact) mass is 403 g/mol. The van der Waals surface area contributed by atoms with E-state index in [0.717, 1.165) is 18.0 Å². The van der Waals surface area contributed by atoms with Gasteiger partial charge in [0.05, 0.1) is 17.6 Å². The van der Waals surface area contributed by atoms with Crippen molar-refractivity contribution in [2.75, 3.05) is 31.5 Å². The maximum atomic E-state index is 12.7. The van der Waals surface area contributed by atoms with Crippen LogP contribution in [0.3, 0.4) is 0 Å². The van der Waals surface area contributed by atoms with Gasteiger partial charge in [-0.25, -0.2) is 13.8 Å². The number of amides is 1. The molecule has 0 radical (unpaired) electrons. The van der Waals surface area contributed by atoms with Gasteiger partial charge in [0.2, 0.25) is 5.91 Å². The van der Waals surface area contributed by atoms with Gasteiger partial charge in [-0.3, -0.25) is 9.78 Å². The Balaban J connectivity index is 2.22. The number of allylic oxidation sites excluding steroid dienone is 2. The highest BCUT2D eigenvalue weighted by molar-refractivity contribution is 6.01. The number of amidine groups is 1. The van der Waals surface area contributed by atoms with Crippen LogP contribution in [-0.2, 0) is 4.79 Å². The number of pyridine rings is 1. The lowest BCUT2D eigenvalue weighted by Gasteiger charge is -2.36. The second-order valence-electron chi connectivity index (χ2n) is 6.38. The van der Waals surface area contributed by atoms with Crippen LogP contribution in [0.15, 0.2) is 60.0 Å². The standard InChI is InChI=1S/C21H27F2N5O/c1-4-7-18(26-16-8-9-17(20(22)23)25-15-16)21(24-10-5-2)28-13-11-27(12-14-28)19(29)6-3/h5-10,15,20,26H,3-4,11-14H2,1-2H3/b10-5-,18-7-,24-21-. The average Bonchev–Trinajstić information content (AvgIpc) is 2.74. The molecule has 1 aromatic rings. The van der Waals surface area contributed by atoms with Crippen molar-refractivity contribution in [3.8, 4) is 0 Å². The molecule has 1 aliphatic heterocycles. The van der Waals surface area contributed by atoms with E-state index in [4.69, 9.17) is 0 Å². The minimum atomic E-state index is -2.60. The summed E-state index contributed by atoms with van der Waals surface area (Å²) >= 11 is 0. The quantitative estimate of drug-likeness (QED) is 0.425. The van der Waals surface area contributed by atoms with Crippen molar-refractivity contribution in [2.24, 2.45) is 4.99 Å². The summed E-state index contributed by atoms with van der Waals surface area (Å²) in [5.74, 6) is 0.651. The Hall–Kier alpha value is -3.03. The maximum absolute atomic E-state index is 12.7. The van der Waals surface area contributed by atoms with Crippen LogP contribution < -0.4 is 5.32 Å². The minimum Gasteiger partial charge on any atom is -0.352 e. The molecular formula is C21H27F2N5O. The summed E-state index contributed by atoms with van der Waals surface area (Å²) in [7, 11) is 0. The van der Waals surface area contributed by atoms with Gasteiger partial charge in [-0.2, -0.15) is 0 Å². The molecule has 0 unspecified atom stereocenters. The van der Waals surface area contributed by atoms with Crippen molar-refractivity contribution < 1.29 is 13.6 Å². The average molecular weight is 403 g/mol. The van der Waals surface area contributed by atoms with Crippen LogP contribution in [0.2, 0.25) is 0 Å². The van der Waals surface area contributed by atoms with Crippen LogP contribution in [0.4, 0.5) is 14.5 Å². The number of aromatic nitrogens is 1. The summed E-state index contributed by atoms with van der Waals surface area (Å²) in [6.45, 7) is 9.82. The molecule has 1 N–H and O–H groups in total. The Morgan fingerprint density at radius 2 is 2.00 bits per heavy atom. The Kier molecular flexibility index (Phi) is 8.51. The third-order valence-corrected chi connectivity index (χ3v) is 4.35. The zero-order valence-corrected chi connectivity index (χ0v) is 16.8. The number of anilines is 1. The maximum Gasteiger partial charge on any atom is 0.280 e. The number of alkyl halides is 2. The van der Waals surface area contributed by atoms with E-state index in [-0.39, 0.29) is 11.6 Å². The number of piperazine rings is 1. The summed E-state index contributed by atoms with van der Waals surface area (Å²) in [4.78, 5) is 24.1. The van der Waals surface area contributed by atoms with Crippen LogP contribution >= 0.6 is 0 Å². The van der Waals surface area contributed by atoms with Gasteiger partial charge in [-0.05, 0) is 31.6 Å². The lowest BCUT2D eigenvalue weighted by molar-refractivity contribution is -0.127. The first-order chi connectivity index (χ1) is 14.0. The molecule has 1 aliphatic rings. The number of carbonyl (C=O) groups excluding carboxylic acids is 1. The van der Waals surface area contributed by atoms with Crippen molar-refractivity contribution in [3.05, 3.63) is 60.7 Å². The van der Waals surface area contributed by atoms with Crippen LogP contribution in [0.25, 0.3) is 0 Å². The fourth-order valence-corrected chi connectivity index (χ4v) is 2.90. The van der Waals surface area contributed by atoms with Crippen molar-refractivity contribution in [1.82, 2.24) is 14.8 Å². The lowest BCUT2D eigenvalue weighted by Crippen LogP contribution is -2.51. The van der Waals surface area contributed by atoms with E-state index in [2.05, 4.69) is 26.8 Å². The number of halogens is 2. The topological polar surface area (TPSA) is 60.8 Å². The summed E-state index contributed by atoms with van der Waals surface area (Å²) in [5.41, 5.74) is 1.10. The molecule has 0 saturated carbocycles. The van der Waals surface area contributed by atoms with Crippen LogP contribution in [-0.4, -0.2) is 52.7 Å². The molecule has 8 heteroatoms. The largest absolute Gasteiger partial charge is 0.352 e. The normalized spacial score (nSPS) is 15.9. The molecule has 0 aromatic carbocycles. The summed E-state index contributed by atoms with van der Waals surface area (Å²) in [5, 5.41) is 3.25. The second-order valence-corrected chi connectivity index (χ2v) is 6.38. The van der Waals surface area contributed by atoms with Crippen molar-refractivity contribution in [1.29, 1.82) is 0 Å². The molecule has 1 fully saturated rings. The fraction of sp³-hybridized carbons (Fsp3) is 0.381. The third-order valence-electron chi connectivity index (χ3n) is 4.35. The molecule has 29 heavy (non-hydrogen) atoms. The molecule has 156 valence electrons. The van der Waals surface area contributed by atoms with E-state index in [0.29, 0.717) is 31.9 Å². The van der Waals surface area contributed by atoms with E-state index in [1.165, 1.54) is 18.3 Å². The molecule has 0 spiro atoms. The van der Waals surface area contributed by atoms with E-state index >= 15 is 0 Å². The first kappa shape index (κ1) is 22.3. The Morgan fingerprint density at radius 1 is 1.31 bits per heavy atom. The van der Waals surface area contributed by atoms with Gasteiger partial charge in [0.25, 0.3) is 6.43 Å². The number of nitrogens with zero attached hydrogens (tertiary/aromatic N) is 4. The molecule has 0 bridgehead atoms. The molecule has 0 aliphatic carbocycles. The van der Waals surface area contributed by atoms with Crippen LogP contribution in [0.1, 0.15) is 32.4 Å². The molecule has 2 rings (SSSR count). The van der Waals surface area contributed by atoms with E-state index < -0.39 is 6.43 Å². The zero-order chi connectivity index (χ0) is 21.2. The van der Waals surface area contributed by atoms with E-state index in [1.807, 2.05) is 26.0 Å². The summed E-state index contributed by atoms with van der Waals surface area (Å²) < 4.78 is 25.5. The SMILES string of the molecule is C=CC(=O)N1CCN(C(=N\C=C/C)/C(=C/CC)Nc2ccc(C(F)F)nc2)CC1. The second kappa shape index (κ2) is 11.1. The number of carbonyl (C=O) groups is 1. The fourth-order valence-electron chi connectivity index (χ4n) is 2.90. The molecule has 1 aromatic heterocycles. The number of rotatable bonds is 7. The van der Waals surface area contributed by atoms with Gasteiger partial charge in [0.15, 0.2) is 5.84 Å². The van der Waals surface area contributed by atoms with Crippen molar-refractivity contribution >= 4 is 17.4 Å². The highest BCUT2D eigenvalue weighted by Crippen LogP contribution is 2.19. The van der Waals surface area contributed by atoms with Gasteiger partial charge in [0.1, 0.15) is 5.69 Å².